The highest BCUT2D eigenvalue weighted by Gasteiger charge is 2.23. The quantitative estimate of drug-likeness (QED) is 0.393. The SMILES string of the molecule is C=CC(=O)OC(C)OC(=O)c1ccccc1C(=O)OC(C)OC(=O)C=C. The van der Waals surface area contributed by atoms with E-state index in [-0.39, 0.29) is 11.1 Å². The lowest BCUT2D eigenvalue weighted by Gasteiger charge is -2.16. The van der Waals surface area contributed by atoms with E-state index in [0.717, 1.165) is 12.2 Å². The molecule has 1 aromatic carbocycles. The predicted molar refractivity (Wildman–Crippen MR) is 88.8 cm³/mol. The van der Waals surface area contributed by atoms with Gasteiger partial charge in [-0.1, -0.05) is 25.3 Å². The Kier molecular flexibility index (Phi) is 7.75. The molecule has 2 atom stereocenters. The zero-order valence-corrected chi connectivity index (χ0v) is 14.3. The highest BCUT2D eigenvalue weighted by molar-refractivity contribution is 6.03. The van der Waals surface area contributed by atoms with E-state index in [4.69, 9.17) is 18.9 Å². The molecule has 8 heteroatoms. The van der Waals surface area contributed by atoms with E-state index in [1.807, 2.05) is 0 Å². The first-order valence-corrected chi connectivity index (χ1v) is 7.45. The van der Waals surface area contributed by atoms with Crippen molar-refractivity contribution in [2.24, 2.45) is 0 Å². The lowest BCUT2D eigenvalue weighted by molar-refractivity contribution is -0.161. The van der Waals surface area contributed by atoms with Gasteiger partial charge in [-0.25, -0.2) is 19.2 Å². The minimum Gasteiger partial charge on any atom is -0.422 e. The molecule has 8 nitrogen and oxygen atoms in total. The molecule has 0 saturated heterocycles. The topological polar surface area (TPSA) is 105 Å². The monoisotopic (exact) mass is 362 g/mol. The van der Waals surface area contributed by atoms with Crippen molar-refractivity contribution in [1.82, 2.24) is 0 Å². The van der Waals surface area contributed by atoms with E-state index >= 15 is 0 Å². The average Bonchev–Trinajstić information content (AvgIpc) is 2.60. The van der Waals surface area contributed by atoms with Crippen LogP contribution >= 0.6 is 0 Å². The molecule has 2 unspecified atom stereocenters. The molecule has 1 rings (SSSR count). The molecular formula is C18H18O8. The van der Waals surface area contributed by atoms with Crippen molar-refractivity contribution in [1.29, 1.82) is 0 Å². The van der Waals surface area contributed by atoms with Gasteiger partial charge in [0.1, 0.15) is 0 Å². The van der Waals surface area contributed by atoms with Gasteiger partial charge in [0, 0.05) is 26.0 Å². The number of benzene rings is 1. The van der Waals surface area contributed by atoms with Crippen molar-refractivity contribution >= 4 is 23.9 Å². The van der Waals surface area contributed by atoms with Crippen LogP contribution in [0, 0.1) is 0 Å². The summed E-state index contributed by atoms with van der Waals surface area (Å²) in [5, 5.41) is 0. The van der Waals surface area contributed by atoms with Crippen LogP contribution in [0.15, 0.2) is 49.6 Å². The number of hydrogen-bond acceptors (Lipinski definition) is 8. The molecule has 0 spiro atoms. The zero-order valence-electron chi connectivity index (χ0n) is 14.3. The summed E-state index contributed by atoms with van der Waals surface area (Å²) in [5.41, 5.74) is -0.220. The van der Waals surface area contributed by atoms with Gasteiger partial charge >= 0.3 is 23.9 Å². The number of carbonyl (C=O) groups is 4. The summed E-state index contributed by atoms with van der Waals surface area (Å²) in [7, 11) is 0. The number of esters is 4. The molecule has 0 radical (unpaired) electrons. The second-order valence-electron chi connectivity index (χ2n) is 4.77. The van der Waals surface area contributed by atoms with Crippen LogP contribution < -0.4 is 0 Å². The molecular weight excluding hydrogens is 344 g/mol. The molecule has 0 aliphatic heterocycles. The van der Waals surface area contributed by atoms with E-state index in [0.29, 0.717) is 0 Å². The van der Waals surface area contributed by atoms with Crippen LogP contribution in [0.1, 0.15) is 34.6 Å². The molecule has 0 aliphatic rings. The first-order valence-electron chi connectivity index (χ1n) is 7.45. The minimum absolute atomic E-state index is 0.110. The second kappa shape index (κ2) is 9.77. The van der Waals surface area contributed by atoms with Crippen molar-refractivity contribution in [3.05, 3.63) is 60.7 Å². The third-order valence-corrected chi connectivity index (χ3v) is 2.81. The van der Waals surface area contributed by atoms with E-state index in [1.54, 1.807) is 0 Å². The summed E-state index contributed by atoms with van der Waals surface area (Å²) < 4.78 is 19.4. The molecule has 1 aromatic rings. The maximum atomic E-state index is 12.2. The molecule has 0 saturated carbocycles. The lowest BCUT2D eigenvalue weighted by Crippen LogP contribution is -2.24. The number of ether oxygens (including phenoxy) is 4. The van der Waals surface area contributed by atoms with E-state index in [1.165, 1.54) is 38.1 Å². The Hall–Kier alpha value is -3.42. The van der Waals surface area contributed by atoms with Crippen molar-refractivity contribution in [3.8, 4) is 0 Å². The Labute approximate surface area is 150 Å². The molecule has 138 valence electrons. The Balaban J connectivity index is 2.85. The maximum Gasteiger partial charge on any atom is 0.342 e. The van der Waals surface area contributed by atoms with E-state index in [2.05, 4.69) is 13.2 Å². The molecule has 0 bridgehead atoms. The Bertz CT molecular complexity index is 661. The molecule has 0 fully saturated rings. The Morgan fingerprint density at radius 3 is 1.42 bits per heavy atom. The van der Waals surface area contributed by atoms with Gasteiger partial charge < -0.3 is 18.9 Å². The van der Waals surface area contributed by atoms with Crippen molar-refractivity contribution in [3.63, 3.8) is 0 Å². The second-order valence-corrected chi connectivity index (χ2v) is 4.77. The standard InChI is InChI=1S/C18H18O8/c1-5-15(19)23-11(3)25-17(21)13-9-7-8-10-14(13)18(22)26-12(4)24-16(20)6-2/h5-12H,1-2H2,3-4H3. The predicted octanol–water partition coefficient (Wildman–Crippen LogP) is 2.15. The molecule has 26 heavy (non-hydrogen) atoms. The minimum atomic E-state index is -1.19. The van der Waals surface area contributed by atoms with Gasteiger partial charge in [0.15, 0.2) is 0 Å². The maximum absolute atomic E-state index is 12.2. The summed E-state index contributed by atoms with van der Waals surface area (Å²) in [5.74, 6) is -3.35. The van der Waals surface area contributed by atoms with Gasteiger partial charge in [0.05, 0.1) is 11.1 Å². The lowest BCUT2D eigenvalue weighted by atomic mass is 10.1. The summed E-state index contributed by atoms with van der Waals surface area (Å²) in [6.45, 7) is 9.11. The van der Waals surface area contributed by atoms with Gasteiger partial charge in [0.25, 0.3) is 0 Å². The molecule has 0 N–H and O–H groups in total. The van der Waals surface area contributed by atoms with E-state index in [9.17, 15) is 19.2 Å². The number of hydrogen-bond donors (Lipinski definition) is 0. The largest absolute Gasteiger partial charge is 0.422 e. The van der Waals surface area contributed by atoms with Crippen LogP contribution in [0.2, 0.25) is 0 Å². The van der Waals surface area contributed by atoms with Crippen LogP contribution in [-0.4, -0.2) is 36.5 Å². The average molecular weight is 362 g/mol. The van der Waals surface area contributed by atoms with Gasteiger partial charge in [0.2, 0.25) is 12.6 Å². The number of rotatable bonds is 8. The first kappa shape index (κ1) is 20.6. The molecule has 0 aliphatic carbocycles. The van der Waals surface area contributed by atoms with Gasteiger partial charge in [-0.15, -0.1) is 0 Å². The fourth-order valence-electron chi connectivity index (χ4n) is 1.74. The van der Waals surface area contributed by atoms with Crippen molar-refractivity contribution in [2.45, 2.75) is 26.4 Å². The zero-order chi connectivity index (χ0) is 19.7. The summed E-state index contributed by atoms with van der Waals surface area (Å²) in [6.07, 6.45) is -0.544. The van der Waals surface area contributed by atoms with Crippen LogP contribution in [-0.2, 0) is 28.5 Å². The molecule has 0 aromatic heterocycles. The van der Waals surface area contributed by atoms with Gasteiger partial charge in [-0.3, -0.25) is 0 Å². The summed E-state index contributed by atoms with van der Waals surface area (Å²) >= 11 is 0. The van der Waals surface area contributed by atoms with Crippen LogP contribution in [0.25, 0.3) is 0 Å². The summed E-state index contributed by atoms with van der Waals surface area (Å²) in [4.78, 5) is 46.6. The Morgan fingerprint density at radius 1 is 0.769 bits per heavy atom. The van der Waals surface area contributed by atoms with Crippen LogP contribution in [0.3, 0.4) is 0 Å². The van der Waals surface area contributed by atoms with Crippen LogP contribution in [0.4, 0.5) is 0 Å². The highest BCUT2D eigenvalue weighted by Crippen LogP contribution is 2.14. The molecule has 0 amide bonds. The number of carbonyl (C=O) groups excluding carboxylic acids is 4. The van der Waals surface area contributed by atoms with E-state index < -0.39 is 36.5 Å². The summed E-state index contributed by atoms with van der Waals surface area (Å²) in [6, 6.07) is 5.69. The fraction of sp³-hybridized carbons (Fsp3) is 0.222. The highest BCUT2D eigenvalue weighted by atomic mass is 16.7. The van der Waals surface area contributed by atoms with Crippen LogP contribution in [0.5, 0.6) is 0 Å². The van der Waals surface area contributed by atoms with Crippen molar-refractivity contribution in [2.75, 3.05) is 0 Å². The smallest absolute Gasteiger partial charge is 0.342 e. The normalized spacial score (nSPS) is 12.1. The Morgan fingerprint density at radius 2 is 1.12 bits per heavy atom. The van der Waals surface area contributed by atoms with Crippen molar-refractivity contribution < 1.29 is 38.1 Å². The first-order chi connectivity index (χ1) is 12.3. The third-order valence-electron chi connectivity index (χ3n) is 2.81. The molecule has 0 heterocycles. The third kappa shape index (κ3) is 6.23. The van der Waals surface area contributed by atoms with Gasteiger partial charge in [-0.05, 0) is 12.1 Å². The fourth-order valence-corrected chi connectivity index (χ4v) is 1.74. The van der Waals surface area contributed by atoms with Gasteiger partial charge in [-0.2, -0.15) is 0 Å².